The summed E-state index contributed by atoms with van der Waals surface area (Å²) in [5, 5.41) is 0. The van der Waals surface area contributed by atoms with Gasteiger partial charge in [-0.25, -0.2) is 0 Å². The average molecular weight is 382 g/mol. The summed E-state index contributed by atoms with van der Waals surface area (Å²) in [7, 11) is 3.15. The van der Waals surface area contributed by atoms with E-state index in [4.69, 9.17) is 9.47 Å². The number of nitrogens with one attached hydrogen (secondary N) is 2. The van der Waals surface area contributed by atoms with E-state index in [-0.39, 0.29) is 23.9 Å². The van der Waals surface area contributed by atoms with Crippen LogP contribution in [-0.2, 0) is 0 Å². The van der Waals surface area contributed by atoms with Crippen molar-refractivity contribution in [2.24, 2.45) is 0 Å². The number of carbonyl (C=O) groups excluding carboxylic acids is 1. The number of methoxy groups -OCH3 is 2. The first kappa shape index (κ1) is 18.7. The molecule has 0 aliphatic carbocycles. The number of hydrogen-bond donors (Lipinski definition) is 2. The van der Waals surface area contributed by atoms with Crippen LogP contribution in [0.2, 0.25) is 0 Å². The summed E-state index contributed by atoms with van der Waals surface area (Å²) < 4.78 is 10.9. The predicted molar refractivity (Wildman–Crippen MR) is 106 cm³/mol. The molecule has 2 N–H and O–H groups in total. The minimum absolute atomic E-state index is 0.0135. The highest BCUT2D eigenvalue weighted by molar-refractivity contribution is 5.98. The molecule has 1 aromatic carbocycles. The van der Waals surface area contributed by atoms with Crippen LogP contribution in [0, 0.1) is 0 Å². The number of amides is 1. The Bertz CT molecular complexity index is 830. The van der Waals surface area contributed by atoms with E-state index >= 15 is 0 Å². The maximum absolute atomic E-state index is 13.4. The van der Waals surface area contributed by atoms with Crippen molar-refractivity contribution < 1.29 is 14.3 Å². The fourth-order valence-electron chi connectivity index (χ4n) is 4.44. The Morgan fingerprint density at radius 1 is 1.18 bits per heavy atom. The Morgan fingerprint density at radius 3 is 2.75 bits per heavy atom. The monoisotopic (exact) mass is 382 g/mol. The van der Waals surface area contributed by atoms with Gasteiger partial charge in [0.15, 0.2) is 11.5 Å². The molecule has 4 rings (SSSR count). The molecule has 0 radical (unpaired) electrons. The van der Waals surface area contributed by atoms with Crippen LogP contribution in [0.4, 0.5) is 0 Å². The maximum atomic E-state index is 13.4. The van der Waals surface area contributed by atoms with Gasteiger partial charge < -0.3 is 14.4 Å². The SMILES string of the molecule is COc1cccc(C(=O)N2CCCC2C2NNCC2c2ccncc2)c1OC. The van der Waals surface area contributed by atoms with Crippen molar-refractivity contribution in [3.05, 3.63) is 53.9 Å². The second kappa shape index (κ2) is 8.16. The average Bonchev–Trinajstić information content (AvgIpc) is 3.42. The van der Waals surface area contributed by atoms with Gasteiger partial charge in [-0.1, -0.05) is 6.07 Å². The van der Waals surface area contributed by atoms with E-state index in [2.05, 4.69) is 28.0 Å². The Balaban J connectivity index is 1.61. The van der Waals surface area contributed by atoms with E-state index in [0.717, 1.165) is 25.9 Å². The van der Waals surface area contributed by atoms with Crippen molar-refractivity contribution in [2.45, 2.75) is 30.8 Å². The summed E-state index contributed by atoms with van der Waals surface area (Å²) in [5.74, 6) is 1.33. The molecule has 1 amide bonds. The molecular formula is C21H26N4O3. The quantitative estimate of drug-likeness (QED) is 0.824. The van der Waals surface area contributed by atoms with Crippen molar-refractivity contribution in [3.63, 3.8) is 0 Å². The molecule has 2 aliphatic heterocycles. The Labute approximate surface area is 165 Å². The molecule has 0 saturated carbocycles. The van der Waals surface area contributed by atoms with Crippen molar-refractivity contribution in [1.82, 2.24) is 20.7 Å². The number of nitrogens with zero attached hydrogens (tertiary/aromatic N) is 2. The minimum Gasteiger partial charge on any atom is -0.493 e. The molecule has 3 heterocycles. The fourth-order valence-corrected chi connectivity index (χ4v) is 4.44. The van der Waals surface area contributed by atoms with E-state index in [1.54, 1.807) is 26.4 Å². The topological polar surface area (TPSA) is 75.7 Å². The van der Waals surface area contributed by atoms with Crippen LogP contribution in [0.25, 0.3) is 0 Å². The van der Waals surface area contributed by atoms with E-state index in [1.165, 1.54) is 5.56 Å². The van der Waals surface area contributed by atoms with E-state index in [9.17, 15) is 4.79 Å². The number of likely N-dealkylation sites (tertiary alicyclic amines) is 1. The third kappa shape index (κ3) is 3.31. The number of benzene rings is 1. The van der Waals surface area contributed by atoms with Crippen LogP contribution in [0.3, 0.4) is 0 Å². The van der Waals surface area contributed by atoms with E-state index < -0.39 is 0 Å². The molecule has 2 aromatic rings. The molecule has 0 spiro atoms. The van der Waals surface area contributed by atoms with Gasteiger partial charge in [-0.05, 0) is 42.7 Å². The Morgan fingerprint density at radius 2 is 2.00 bits per heavy atom. The molecular weight excluding hydrogens is 356 g/mol. The van der Waals surface area contributed by atoms with Crippen LogP contribution in [0.1, 0.15) is 34.7 Å². The van der Waals surface area contributed by atoms with Gasteiger partial charge in [0.05, 0.1) is 19.8 Å². The lowest BCUT2D eigenvalue weighted by Gasteiger charge is -2.33. The molecule has 3 unspecified atom stereocenters. The smallest absolute Gasteiger partial charge is 0.258 e. The molecule has 0 bridgehead atoms. The number of rotatable bonds is 5. The number of aromatic nitrogens is 1. The van der Waals surface area contributed by atoms with E-state index in [1.807, 2.05) is 23.4 Å². The third-order valence-corrected chi connectivity index (χ3v) is 5.77. The first-order chi connectivity index (χ1) is 13.7. The molecule has 7 heteroatoms. The molecule has 2 aliphatic rings. The molecule has 1 aromatic heterocycles. The van der Waals surface area contributed by atoms with Crippen LogP contribution >= 0.6 is 0 Å². The summed E-state index contributed by atoms with van der Waals surface area (Å²) in [5.41, 5.74) is 8.47. The van der Waals surface area contributed by atoms with Crippen LogP contribution in [0.15, 0.2) is 42.7 Å². The Hall–Kier alpha value is -2.64. The molecule has 28 heavy (non-hydrogen) atoms. The molecule has 148 valence electrons. The summed E-state index contributed by atoms with van der Waals surface area (Å²) in [6.45, 7) is 1.57. The lowest BCUT2D eigenvalue weighted by Crippen LogP contribution is -2.49. The zero-order valence-corrected chi connectivity index (χ0v) is 16.2. The highest BCUT2D eigenvalue weighted by Crippen LogP contribution is 2.35. The fraction of sp³-hybridized carbons (Fsp3) is 0.429. The van der Waals surface area contributed by atoms with Gasteiger partial charge in [-0.2, -0.15) is 0 Å². The van der Waals surface area contributed by atoms with Crippen molar-refractivity contribution in [2.75, 3.05) is 27.3 Å². The van der Waals surface area contributed by atoms with Gasteiger partial charge in [0, 0.05) is 43.5 Å². The van der Waals surface area contributed by atoms with Crippen LogP contribution in [-0.4, -0.2) is 55.2 Å². The van der Waals surface area contributed by atoms with Crippen molar-refractivity contribution >= 4 is 5.91 Å². The summed E-state index contributed by atoms with van der Waals surface area (Å²) in [6, 6.07) is 9.80. The minimum atomic E-state index is -0.0135. The predicted octanol–water partition coefficient (Wildman–Crippen LogP) is 1.96. The van der Waals surface area contributed by atoms with Gasteiger partial charge in [-0.3, -0.25) is 20.6 Å². The molecule has 2 fully saturated rings. The Kier molecular flexibility index (Phi) is 5.45. The lowest BCUT2D eigenvalue weighted by atomic mass is 9.88. The van der Waals surface area contributed by atoms with Gasteiger partial charge in [0.1, 0.15) is 0 Å². The van der Waals surface area contributed by atoms with E-state index in [0.29, 0.717) is 17.1 Å². The number of pyridine rings is 1. The van der Waals surface area contributed by atoms with Crippen molar-refractivity contribution in [1.29, 1.82) is 0 Å². The number of carbonyl (C=O) groups is 1. The number of hydrogen-bond acceptors (Lipinski definition) is 6. The number of ether oxygens (including phenoxy) is 2. The highest BCUT2D eigenvalue weighted by atomic mass is 16.5. The standard InChI is InChI=1S/C21H26N4O3/c1-27-18-7-3-5-15(20(18)28-2)21(26)25-12-4-6-17(25)19-16(13-23-24-19)14-8-10-22-11-9-14/h3,5,7-11,16-17,19,23-24H,4,6,12-13H2,1-2H3. The van der Waals surface area contributed by atoms with Crippen LogP contribution < -0.4 is 20.3 Å². The van der Waals surface area contributed by atoms with Gasteiger partial charge in [0.25, 0.3) is 5.91 Å². The van der Waals surface area contributed by atoms with Gasteiger partial charge >= 0.3 is 0 Å². The lowest BCUT2D eigenvalue weighted by molar-refractivity contribution is 0.0700. The van der Waals surface area contributed by atoms with Gasteiger partial charge in [-0.15, -0.1) is 0 Å². The first-order valence-corrected chi connectivity index (χ1v) is 9.65. The zero-order valence-electron chi connectivity index (χ0n) is 16.2. The summed E-state index contributed by atoms with van der Waals surface area (Å²) in [4.78, 5) is 19.5. The third-order valence-electron chi connectivity index (χ3n) is 5.77. The second-order valence-electron chi connectivity index (χ2n) is 7.19. The largest absolute Gasteiger partial charge is 0.493 e. The normalized spacial score (nSPS) is 24.4. The molecule has 3 atom stereocenters. The van der Waals surface area contributed by atoms with Gasteiger partial charge in [0.2, 0.25) is 0 Å². The molecule has 2 saturated heterocycles. The summed E-state index contributed by atoms with van der Waals surface area (Å²) >= 11 is 0. The highest BCUT2D eigenvalue weighted by Gasteiger charge is 2.42. The first-order valence-electron chi connectivity index (χ1n) is 9.65. The van der Waals surface area contributed by atoms with Crippen LogP contribution in [0.5, 0.6) is 11.5 Å². The van der Waals surface area contributed by atoms with Crippen molar-refractivity contribution in [3.8, 4) is 11.5 Å². The molecule has 7 nitrogen and oxygen atoms in total. The maximum Gasteiger partial charge on any atom is 0.258 e. The zero-order chi connectivity index (χ0) is 19.5. The number of hydrazine groups is 1. The summed E-state index contributed by atoms with van der Waals surface area (Å²) in [6.07, 6.45) is 5.61. The second-order valence-corrected chi connectivity index (χ2v) is 7.19. The number of para-hydroxylation sites is 1.